The summed E-state index contributed by atoms with van der Waals surface area (Å²) < 4.78 is 6.92. The quantitative estimate of drug-likeness (QED) is 0.337. The van der Waals surface area contributed by atoms with Crippen LogP contribution in [0.1, 0.15) is 35.1 Å². The van der Waals surface area contributed by atoms with Gasteiger partial charge in [-0.15, -0.1) is 0 Å². The molecule has 4 aromatic rings. The summed E-state index contributed by atoms with van der Waals surface area (Å²) in [7, 11) is 4.07. The van der Waals surface area contributed by atoms with Crippen LogP contribution in [0, 0.1) is 0 Å². The molecule has 0 saturated carbocycles. The van der Waals surface area contributed by atoms with Gasteiger partial charge in [0.1, 0.15) is 11.6 Å². The van der Waals surface area contributed by atoms with Crippen molar-refractivity contribution in [2.45, 2.75) is 18.9 Å². The van der Waals surface area contributed by atoms with E-state index in [-0.39, 0.29) is 11.9 Å². The van der Waals surface area contributed by atoms with Crippen LogP contribution in [-0.4, -0.2) is 36.4 Å². The van der Waals surface area contributed by atoms with Crippen molar-refractivity contribution < 1.29 is 9.21 Å². The van der Waals surface area contributed by atoms with E-state index in [1.807, 2.05) is 49.3 Å². The summed E-state index contributed by atoms with van der Waals surface area (Å²) in [5.41, 5.74) is 5.61. The highest BCUT2D eigenvalue weighted by Gasteiger charge is 2.34. The largest absolute Gasteiger partial charge is 0.438 e. The SMILES string of the molecule is CN(C)c1ccc(-c2ccc3oc([C@@H]4CCCN4C(=O)c4ccccc4Br)nc3c2)cc1. The number of amides is 1. The Balaban J connectivity index is 1.44. The molecule has 1 aliphatic heterocycles. The number of halogens is 1. The summed E-state index contributed by atoms with van der Waals surface area (Å²) in [5, 5.41) is 0. The van der Waals surface area contributed by atoms with Crippen LogP contribution in [0.25, 0.3) is 22.2 Å². The number of aromatic nitrogens is 1. The summed E-state index contributed by atoms with van der Waals surface area (Å²) >= 11 is 3.50. The summed E-state index contributed by atoms with van der Waals surface area (Å²) in [5.74, 6) is 0.613. The first-order chi connectivity index (χ1) is 15.5. The van der Waals surface area contributed by atoms with Crippen molar-refractivity contribution in [1.29, 1.82) is 0 Å². The Labute approximate surface area is 195 Å². The third kappa shape index (κ3) is 3.79. The molecule has 0 unspecified atom stereocenters. The normalized spacial score (nSPS) is 16.0. The minimum absolute atomic E-state index is 0.00361. The molecule has 0 aliphatic carbocycles. The monoisotopic (exact) mass is 489 g/mol. The molecular weight excluding hydrogens is 466 g/mol. The van der Waals surface area contributed by atoms with Crippen LogP contribution in [-0.2, 0) is 0 Å². The van der Waals surface area contributed by atoms with E-state index in [1.54, 1.807) is 0 Å². The fourth-order valence-corrected chi connectivity index (χ4v) is 4.73. The molecular formula is C26H24BrN3O2. The van der Waals surface area contributed by atoms with E-state index in [2.05, 4.69) is 57.2 Å². The molecule has 1 fully saturated rings. The van der Waals surface area contributed by atoms with Gasteiger partial charge in [0.25, 0.3) is 5.91 Å². The van der Waals surface area contributed by atoms with Gasteiger partial charge in [0, 0.05) is 30.8 Å². The zero-order valence-electron chi connectivity index (χ0n) is 18.1. The first kappa shape index (κ1) is 20.8. The van der Waals surface area contributed by atoms with Gasteiger partial charge in [0.05, 0.1) is 5.56 Å². The van der Waals surface area contributed by atoms with E-state index in [0.717, 1.165) is 45.2 Å². The number of oxazole rings is 1. The highest BCUT2D eigenvalue weighted by molar-refractivity contribution is 9.10. The molecule has 0 spiro atoms. The molecule has 1 aromatic heterocycles. The maximum absolute atomic E-state index is 13.2. The standard InChI is InChI=1S/C26H24BrN3O2/c1-29(2)19-12-9-17(10-13-19)18-11-14-24-22(16-18)28-25(32-24)23-8-5-15-30(23)26(31)20-6-3-4-7-21(20)27/h3-4,6-7,9-14,16,23H,5,8,15H2,1-2H3/t23-/m0/s1. The van der Waals surface area contributed by atoms with Gasteiger partial charge in [-0.1, -0.05) is 30.3 Å². The molecule has 1 saturated heterocycles. The Bertz CT molecular complexity index is 1280. The predicted octanol–water partition coefficient (Wildman–Crippen LogP) is 6.30. The molecule has 5 rings (SSSR count). The fraction of sp³-hybridized carbons (Fsp3) is 0.231. The fourth-order valence-electron chi connectivity index (χ4n) is 4.28. The van der Waals surface area contributed by atoms with Crippen molar-refractivity contribution in [2.75, 3.05) is 25.5 Å². The summed E-state index contributed by atoms with van der Waals surface area (Å²) in [6, 6.07) is 21.9. The number of nitrogens with zero attached hydrogens (tertiary/aromatic N) is 3. The van der Waals surface area contributed by atoms with Crippen LogP contribution in [0.5, 0.6) is 0 Å². The van der Waals surface area contributed by atoms with E-state index in [9.17, 15) is 4.79 Å². The number of hydrogen-bond donors (Lipinski definition) is 0. The number of benzene rings is 3. The highest BCUT2D eigenvalue weighted by Crippen LogP contribution is 2.36. The van der Waals surface area contributed by atoms with Gasteiger partial charge in [0.2, 0.25) is 5.89 Å². The van der Waals surface area contributed by atoms with Gasteiger partial charge in [-0.25, -0.2) is 4.98 Å². The zero-order chi connectivity index (χ0) is 22.2. The molecule has 0 bridgehead atoms. The number of fused-ring (bicyclic) bond motifs is 1. The van der Waals surface area contributed by atoms with Crippen molar-refractivity contribution >= 4 is 38.6 Å². The third-order valence-corrected chi connectivity index (χ3v) is 6.72. The molecule has 0 N–H and O–H groups in total. The zero-order valence-corrected chi connectivity index (χ0v) is 19.7. The predicted molar refractivity (Wildman–Crippen MR) is 131 cm³/mol. The van der Waals surface area contributed by atoms with Gasteiger partial charge < -0.3 is 14.2 Å². The Hall–Kier alpha value is -3.12. The van der Waals surface area contributed by atoms with Crippen LogP contribution in [0.3, 0.4) is 0 Å². The number of rotatable bonds is 4. The lowest BCUT2D eigenvalue weighted by molar-refractivity contribution is 0.0716. The van der Waals surface area contributed by atoms with Crippen LogP contribution in [0.2, 0.25) is 0 Å². The highest BCUT2D eigenvalue weighted by atomic mass is 79.9. The van der Waals surface area contributed by atoms with Gasteiger partial charge in [-0.3, -0.25) is 4.79 Å². The molecule has 1 amide bonds. The van der Waals surface area contributed by atoms with E-state index in [1.165, 1.54) is 0 Å². The first-order valence-corrected chi connectivity index (χ1v) is 11.5. The Morgan fingerprint density at radius 2 is 1.81 bits per heavy atom. The third-order valence-electron chi connectivity index (χ3n) is 6.02. The second-order valence-corrected chi connectivity index (χ2v) is 9.17. The van der Waals surface area contributed by atoms with Crippen molar-refractivity contribution in [3.63, 3.8) is 0 Å². The summed E-state index contributed by atoms with van der Waals surface area (Å²) in [6.07, 6.45) is 1.78. The Morgan fingerprint density at radius 1 is 1.06 bits per heavy atom. The second-order valence-electron chi connectivity index (χ2n) is 8.31. The van der Waals surface area contributed by atoms with Crippen molar-refractivity contribution in [2.24, 2.45) is 0 Å². The van der Waals surface area contributed by atoms with E-state index in [0.29, 0.717) is 18.0 Å². The first-order valence-electron chi connectivity index (χ1n) is 10.7. The molecule has 0 radical (unpaired) electrons. The second kappa shape index (κ2) is 8.43. The topological polar surface area (TPSA) is 49.6 Å². The lowest BCUT2D eigenvalue weighted by atomic mass is 10.0. The number of anilines is 1. The number of likely N-dealkylation sites (tertiary alicyclic amines) is 1. The molecule has 32 heavy (non-hydrogen) atoms. The Kier molecular flexibility index (Phi) is 5.47. The number of hydrogen-bond acceptors (Lipinski definition) is 4. The maximum atomic E-state index is 13.2. The average molecular weight is 490 g/mol. The van der Waals surface area contributed by atoms with Crippen LogP contribution >= 0.6 is 15.9 Å². The van der Waals surface area contributed by atoms with Gasteiger partial charge in [-0.2, -0.15) is 0 Å². The molecule has 1 aliphatic rings. The van der Waals surface area contributed by atoms with E-state index >= 15 is 0 Å². The number of carbonyl (C=O) groups excluding carboxylic acids is 1. The van der Waals surface area contributed by atoms with Crippen molar-refractivity contribution in [3.05, 3.63) is 82.7 Å². The van der Waals surface area contributed by atoms with E-state index < -0.39 is 0 Å². The molecule has 3 aromatic carbocycles. The average Bonchev–Trinajstić information content (AvgIpc) is 3.45. The molecule has 162 valence electrons. The smallest absolute Gasteiger partial charge is 0.255 e. The molecule has 2 heterocycles. The van der Waals surface area contributed by atoms with Crippen LogP contribution in [0.4, 0.5) is 5.69 Å². The van der Waals surface area contributed by atoms with Gasteiger partial charge >= 0.3 is 0 Å². The summed E-state index contributed by atoms with van der Waals surface area (Å²) in [6.45, 7) is 0.701. The van der Waals surface area contributed by atoms with Gasteiger partial charge in [0.15, 0.2) is 5.58 Å². The van der Waals surface area contributed by atoms with Crippen LogP contribution in [0.15, 0.2) is 75.6 Å². The molecule has 5 nitrogen and oxygen atoms in total. The van der Waals surface area contributed by atoms with Crippen molar-refractivity contribution in [1.82, 2.24) is 9.88 Å². The minimum atomic E-state index is -0.148. The maximum Gasteiger partial charge on any atom is 0.255 e. The van der Waals surface area contributed by atoms with Crippen molar-refractivity contribution in [3.8, 4) is 11.1 Å². The van der Waals surface area contributed by atoms with Crippen LogP contribution < -0.4 is 4.90 Å². The van der Waals surface area contributed by atoms with Gasteiger partial charge in [-0.05, 0) is 76.3 Å². The number of carbonyl (C=O) groups is 1. The van der Waals surface area contributed by atoms with E-state index in [4.69, 9.17) is 9.40 Å². The minimum Gasteiger partial charge on any atom is -0.438 e. The molecule has 6 heteroatoms. The lowest BCUT2D eigenvalue weighted by Gasteiger charge is -2.22. The lowest BCUT2D eigenvalue weighted by Crippen LogP contribution is -2.30. The summed E-state index contributed by atoms with van der Waals surface area (Å²) in [4.78, 5) is 22.0. The Morgan fingerprint density at radius 3 is 2.56 bits per heavy atom. The molecule has 1 atom stereocenters.